The summed E-state index contributed by atoms with van der Waals surface area (Å²) in [4.78, 5) is 16.6. The van der Waals surface area contributed by atoms with E-state index in [9.17, 15) is 13.2 Å². The second-order valence-electron chi connectivity index (χ2n) is 9.41. The van der Waals surface area contributed by atoms with Crippen molar-refractivity contribution in [2.45, 2.75) is 32.1 Å². The number of sulfonamides is 1. The molecule has 0 radical (unpaired) electrons. The summed E-state index contributed by atoms with van der Waals surface area (Å²) < 4.78 is 27.5. The lowest BCUT2D eigenvalue weighted by Gasteiger charge is -2.24. The van der Waals surface area contributed by atoms with Gasteiger partial charge in [-0.2, -0.15) is 0 Å². The van der Waals surface area contributed by atoms with Crippen molar-refractivity contribution in [3.05, 3.63) is 66.4 Å². The fraction of sp³-hybridized carbons (Fsp3) is 0.240. The first-order valence-electron chi connectivity index (χ1n) is 11.2. The van der Waals surface area contributed by atoms with E-state index < -0.39 is 10.0 Å². The molecule has 4 aromatic rings. The molecule has 9 nitrogen and oxygen atoms in total. The number of hydrogen-bond acceptors (Lipinski definition) is 6. The molecule has 1 amide bonds. The predicted octanol–water partition coefficient (Wildman–Crippen LogP) is 4.52. The molecular weight excluding hydrogens is 464 g/mol. The number of carbonyl (C=O) groups is 1. The number of aromatic nitrogens is 3. The first kappa shape index (κ1) is 22.9. The third-order valence-electron chi connectivity index (χ3n) is 6.12. The summed E-state index contributed by atoms with van der Waals surface area (Å²) in [5.41, 5.74) is 5.40. The molecule has 0 atom stereocenters. The lowest BCUT2D eigenvalue weighted by atomic mass is 9.80. The molecular formula is C25H26N6O3S. The molecule has 2 aromatic heterocycles. The highest BCUT2D eigenvalue weighted by Gasteiger charge is 2.28. The average Bonchev–Trinajstić information content (AvgIpc) is 3.15. The fourth-order valence-corrected chi connectivity index (χ4v) is 4.91. The zero-order valence-corrected chi connectivity index (χ0v) is 20.5. The zero-order valence-electron chi connectivity index (χ0n) is 19.7. The molecule has 0 bridgehead atoms. The largest absolute Gasteiger partial charge is 0.326 e. The molecule has 5 rings (SSSR count). The SMILES string of the molecule is CC1(C)CCC(=O)Nc2cc(Nc3ncc4ccc(-c5cccc(NS(C)(=O)=O)c5)n4n3)ccc21. The van der Waals surface area contributed by atoms with E-state index in [-0.39, 0.29) is 11.3 Å². The van der Waals surface area contributed by atoms with Crippen LogP contribution in [-0.4, -0.2) is 35.2 Å². The molecule has 3 N–H and O–H groups in total. The Labute approximate surface area is 203 Å². The van der Waals surface area contributed by atoms with Crippen LogP contribution in [0.15, 0.2) is 60.8 Å². The van der Waals surface area contributed by atoms with Gasteiger partial charge in [0.1, 0.15) is 0 Å². The average molecular weight is 491 g/mol. The maximum absolute atomic E-state index is 12.2. The smallest absolute Gasteiger partial charge is 0.245 e. The van der Waals surface area contributed by atoms with Crippen molar-refractivity contribution in [3.63, 3.8) is 0 Å². The monoisotopic (exact) mass is 490 g/mol. The Hall–Kier alpha value is -3.92. The van der Waals surface area contributed by atoms with Gasteiger partial charge in [-0.15, -0.1) is 5.10 Å². The molecule has 1 aliphatic heterocycles. The standard InChI is InChI=1S/C25H26N6O3S/c1-25(2)12-11-23(32)28-21-14-17(7-9-20(21)25)27-24-26-15-19-8-10-22(31(19)29-24)16-5-4-6-18(13-16)30-35(3,33)34/h4-10,13-15,30H,11-12H2,1-3H3,(H,27,29)(H,28,32). The molecule has 0 fully saturated rings. The van der Waals surface area contributed by atoms with E-state index in [4.69, 9.17) is 0 Å². The van der Waals surface area contributed by atoms with E-state index in [1.807, 2.05) is 36.4 Å². The molecule has 0 spiro atoms. The van der Waals surface area contributed by atoms with Crippen molar-refractivity contribution in [1.29, 1.82) is 0 Å². The minimum Gasteiger partial charge on any atom is -0.326 e. The molecule has 0 saturated heterocycles. The Morgan fingerprint density at radius 3 is 2.69 bits per heavy atom. The highest BCUT2D eigenvalue weighted by molar-refractivity contribution is 7.92. The van der Waals surface area contributed by atoms with Crippen molar-refractivity contribution in [2.75, 3.05) is 21.6 Å². The summed E-state index contributed by atoms with van der Waals surface area (Å²) in [6.45, 7) is 4.29. The third-order valence-corrected chi connectivity index (χ3v) is 6.72. The summed E-state index contributed by atoms with van der Waals surface area (Å²) in [5, 5.41) is 10.9. The first-order valence-corrected chi connectivity index (χ1v) is 13.1. The van der Waals surface area contributed by atoms with Crippen molar-refractivity contribution in [1.82, 2.24) is 14.6 Å². The maximum atomic E-state index is 12.2. The van der Waals surface area contributed by atoms with Gasteiger partial charge in [-0.25, -0.2) is 17.9 Å². The second-order valence-corrected chi connectivity index (χ2v) is 11.2. The Morgan fingerprint density at radius 1 is 1.06 bits per heavy atom. The van der Waals surface area contributed by atoms with Gasteiger partial charge in [0.05, 0.1) is 23.7 Å². The van der Waals surface area contributed by atoms with Gasteiger partial charge in [0.15, 0.2) is 0 Å². The number of nitrogens with zero attached hydrogens (tertiary/aromatic N) is 3. The van der Waals surface area contributed by atoms with Crippen LogP contribution in [0.1, 0.15) is 32.3 Å². The van der Waals surface area contributed by atoms with E-state index in [0.717, 1.165) is 46.4 Å². The van der Waals surface area contributed by atoms with Gasteiger partial charge in [0.2, 0.25) is 21.9 Å². The molecule has 0 aliphatic carbocycles. The van der Waals surface area contributed by atoms with E-state index in [2.05, 4.69) is 39.3 Å². The minimum atomic E-state index is -3.38. The van der Waals surface area contributed by atoms with E-state index in [0.29, 0.717) is 18.1 Å². The number of hydrogen-bond donors (Lipinski definition) is 3. The van der Waals surface area contributed by atoms with Crippen LogP contribution in [0.4, 0.5) is 23.0 Å². The van der Waals surface area contributed by atoms with Crippen LogP contribution in [0.5, 0.6) is 0 Å². The van der Waals surface area contributed by atoms with Crippen molar-refractivity contribution in [2.24, 2.45) is 0 Å². The van der Waals surface area contributed by atoms with Crippen molar-refractivity contribution < 1.29 is 13.2 Å². The topological polar surface area (TPSA) is 117 Å². The van der Waals surface area contributed by atoms with Crippen molar-refractivity contribution >= 4 is 44.5 Å². The Balaban J connectivity index is 1.47. The Morgan fingerprint density at radius 2 is 1.89 bits per heavy atom. The Kier molecular flexibility index (Phi) is 5.47. The summed E-state index contributed by atoms with van der Waals surface area (Å²) in [7, 11) is -3.38. The zero-order chi connectivity index (χ0) is 24.8. The van der Waals surface area contributed by atoms with Gasteiger partial charge in [0.25, 0.3) is 0 Å². The maximum Gasteiger partial charge on any atom is 0.245 e. The number of carbonyl (C=O) groups excluding carboxylic acids is 1. The van der Waals surface area contributed by atoms with Crippen LogP contribution >= 0.6 is 0 Å². The van der Waals surface area contributed by atoms with Crippen LogP contribution < -0.4 is 15.4 Å². The summed E-state index contributed by atoms with van der Waals surface area (Å²) >= 11 is 0. The summed E-state index contributed by atoms with van der Waals surface area (Å²) in [6.07, 6.45) is 4.11. The van der Waals surface area contributed by atoms with Crippen LogP contribution in [-0.2, 0) is 20.2 Å². The predicted molar refractivity (Wildman–Crippen MR) is 138 cm³/mol. The highest BCUT2D eigenvalue weighted by Crippen LogP contribution is 2.38. The minimum absolute atomic E-state index is 0.0104. The number of rotatable bonds is 5. The van der Waals surface area contributed by atoms with Crippen LogP contribution in [0.25, 0.3) is 16.8 Å². The van der Waals surface area contributed by atoms with Gasteiger partial charge in [-0.1, -0.05) is 32.0 Å². The van der Waals surface area contributed by atoms with E-state index in [1.54, 1.807) is 28.9 Å². The van der Waals surface area contributed by atoms with Gasteiger partial charge >= 0.3 is 0 Å². The van der Waals surface area contributed by atoms with Gasteiger partial charge in [0, 0.05) is 29.0 Å². The number of amides is 1. The van der Waals surface area contributed by atoms with Crippen LogP contribution in [0.2, 0.25) is 0 Å². The number of benzene rings is 2. The molecule has 2 aromatic carbocycles. The first-order chi connectivity index (χ1) is 16.6. The molecule has 3 heterocycles. The number of fused-ring (bicyclic) bond motifs is 2. The second kappa shape index (κ2) is 8.38. The molecule has 180 valence electrons. The summed E-state index contributed by atoms with van der Waals surface area (Å²) in [5.74, 6) is 0.399. The quantitative estimate of drug-likeness (QED) is 0.379. The fourth-order valence-electron chi connectivity index (χ4n) is 4.35. The lowest BCUT2D eigenvalue weighted by Crippen LogP contribution is -2.16. The van der Waals surface area contributed by atoms with Gasteiger partial charge in [-0.3, -0.25) is 9.52 Å². The van der Waals surface area contributed by atoms with Crippen LogP contribution in [0, 0.1) is 0 Å². The number of anilines is 4. The van der Waals surface area contributed by atoms with E-state index in [1.165, 1.54) is 0 Å². The molecule has 0 unspecified atom stereocenters. The third kappa shape index (κ3) is 4.83. The number of nitrogens with one attached hydrogen (secondary N) is 3. The Bertz CT molecular complexity index is 1560. The van der Waals surface area contributed by atoms with Gasteiger partial charge < -0.3 is 10.6 Å². The van der Waals surface area contributed by atoms with Crippen molar-refractivity contribution in [3.8, 4) is 11.3 Å². The van der Waals surface area contributed by atoms with Gasteiger partial charge in [-0.05, 0) is 53.8 Å². The molecule has 35 heavy (non-hydrogen) atoms. The van der Waals surface area contributed by atoms with Crippen LogP contribution in [0.3, 0.4) is 0 Å². The highest BCUT2D eigenvalue weighted by atomic mass is 32.2. The van der Waals surface area contributed by atoms with E-state index >= 15 is 0 Å². The molecule has 0 saturated carbocycles. The lowest BCUT2D eigenvalue weighted by molar-refractivity contribution is -0.116. The molecule has 10 heteroatoms. The normalized spacial score (nSPS) is 15.2. The molecule has 1 aliphatic rings. The summed E-state index contributed by atoms with van der Waals surface area (Å²) in [6, 6.07) is 16.8.